The standard InChI is InChI=1S/C34H45N3O6/c1-5-7-11-18-35-31(40)29-34-20-22(3)33(4,43-34)27(30(39)36-24-14-16-26(17-15-24)42-6-2)28(34)32(41)37(29)25(21-38)19-23-12-9-8-10-13-23/h8-10,12-17,22,25,27-29,38H,5-7,11,18-21H2,1-4H3,(H,35,40)(H,36,39)/t22?,25-,27+,28+,29?,33-,34?/m1/s1. The zero-order valence-corrected chi connectivity index (χ0v) is 25.7. The summed E-state index contributed by atoms with van der Waals surface area (Å²) in [5, 5.41) is 16.7. The van der Waals surface area contributed by atoms with Crippen molar-refractivity contribution in [2.75, 3.05) is 25.1 Å². The molecule has 1 spiro atoms. The first-order valence-electron chi connectivity index (χ1n) is 15.7. The molecule has 3 heterocycles. The second-order valence-corrected chi connectivity index (χ2v) is 12.4. The molecule has 232 valence electrons. The monoisotopic (exact) mass is 591 g/mol. The van der Waals surface area contributed by atoms with Crippen molar-refractivity contribution in [2.24, 2.45) is 17.8 Å². The topological polar surface area (TPSA) is 117 Å². The molecule has 2 bridgehead atoms. The number of hydrogen-bond acceptors (Lipinski definition) is 6. The highest BCUT2D eigenvalue weighted by atomic mass is 16.5. The maximum absolute atomic E-state index is 14.5. The molecule has 9 heteroatoms. The number of rotatable bonds is 13. The van der Waals surface area contributed by atoms with Gasteiger partial charge in [-0.1, -0.05) is 57.0 Å². The van der Waals surface area contributed by atoms with Gasteiger partial charge in [0.25, 0.3) is 0 Å². The fourth-order valence-corrected chi connectivity index (χ4v) is 7.61. The van der Waals surface area contributed by atoms with Gasteiger partial charge in [-0.15, -0.1) is 0 Å². The Hall–Kier alpha value is -3.43. The second-order valence-electron chi connectivity index (χ2n) is 12.4. The molecule has 7 atom stereocenters. The number of unbranched alkanes of at least 4 members (excludes halogenated alkanes) is 2. The largest absolute Gasteiger partial charge is 0.494 e. The summed E-state index contributed by atoms with van der Waals surface area (Å²) in [7, 11) is 0. The fraction of sp³-hybridized carbons (Fsp3) is 0.559. The van der Waals surface area contributed by atoms with E-state index in [9.17, 15) is 19.5 Å². The van der Waals surface area contributed by atoms with Crippen LogP contribution in [0.1, 0.15) is 58.9 Å². The summed E-state index contributed by atoms with van der Waals surface area (Å²) in [6, 6.07) is 15.1. The molecule has 0 saturated carbocycles. The van der Waals surface area contributed by atoms with Crippen LogP contribution in [0.25, 0.3) is 0 Å². The molecule has 2 aromatic rings. The van der Waals surface area contributed by atoms with Crippen molar-refractivity contribution in [1.82, 2.24) is 10.2 Å². The van der Waals surface area contributed by atoms with Crippen molar-refractivity contribution in [3.8, 4) is 5.75 Å². The number of amides is 3. The first-order valence-corrected chi connectivity index (χ1v) is 15.7. The highest BCUT2D eigenvalue weighted by molar-refractivity contribution is 6.02. The van der Waals surface area contributed by atoms with E-state index in [1.165, 1.54) is 0 Å². The summed E-state index contributed by atoms with van der Waals surface area (Å²) in [6.45, 7) is 8.64. The van der Waals surface area contributed by atoms with E-state index in [1.54, 1.807) is 29.2 Å². The summed E-state index contributed by atoms with van der Waals surface area (Å²) in [6.07, 6.45) is 3.67. The van der Waals surface area contributed by atoms with Crippen molar-refractivity contribution < 1.29 is 29.0 Å². The number of anilines is 1. The van der Waals surface area contributed by atoms with Gasteiger partial charge in [0, 0.05) is 12.2 Å². The third-order valence-corrected chi connectivity index (χ3v) is 9.71. The van der Waals surface area contributed by atoms with Crippen LogP contribution in [0.5, 0.6) is 5.75 Å². The molecule has 2 aromatic carbocycles. The lowest BCUT2D eigenvalue weighted by molar-refractivity contribution is -0.149. The molecule has 3 aliphatic rings. The molecule has 3 amide bonds. The predicted octanol–water partition coefficient (Wildman–Crippen LogP) is 3.94. The summed E-state index contributed by atoms with van der Waals surface area (Å²) in [4.78, 5) is 44.2. The van der Waals surface area contributed by atoms with E-state index in [-0.39, 0.29) is 30.2 Å². The van der Waals surface area contributed by atoms with Crippen LogP contribution in [0.2, 0.25) is 0 Å². The van der Waals surface area contributed by atoms with Crippen LogP contribution in [-0.4, -0.2) is 70.8 Å². The van der Waals surface area contributed by atoms with Gasteiger partial charge in [-0.05, 0) is 68.9 Å². The summed E-state index contributed by atoms with van der Waals surface area (Å²) >= 11 is 0. The van der Waals surface area contributed by atoms with Crippen LogP contribution in [0.4, 0.5) is 5.69 Å². The minimum absolute atomic E-state index is 0.0790. The number of ether oxygens (including phenoxy) is 2. The molecule has 3 unspecified atom stereocenters. The Morgan fingerprint density at radius 3 is 2.47 bits per heavy atom. The van der Waals surface area contributed by atoms with Gasteiger partial charge in [0.15, 0.2) is 0 Å². The van der Waals surface area contributed by atoms with Crippen LogP contribution < -0.4 is 15.4 Å². The van der Waals surface area contributed by atoms with E-state index in [1.807, 2.05) is 51.1 Å². The van der Waals surface area contributed by atoms with Crippen molar-refractivity contribution in [3.63, 3.8) is 0 Å². The number of aliphatic hydroxyl groups excluding tert-OH is 1. The molecule has 43 heavy (non-hydrogen) atoms. The first kappa shape index (κ1) is 31.0. The van der Waals surface area contributed by atoms with Crippen LogP contribution in [0.15, 0.2) is 54.6 Å². The number of aliphatic hydroxyl groups is 1. The van der Waals surface area contributed by atoms with Gasteiger partial charge >= 0.3 is 0 Å². The van der Waals surface area contributed by atoms with Gasteiger partial charge < -0.3 is 30.1 Å². The second kappa shape index (κ2) is 12.7. The Balaban J connectivity index is 1.50. The molecule has 3 fully saturated rings. The van der Waals surface area contributed by atoms with E-state index >= 15 is 0 Å². The Kier molecular flexibility index (Phi) is 9.13. The minimum atomic E-state index is -1.18. The average molecular weight is 592 g/mol. The van der Waals surface area contributed by atoms with Crippen molar-refractivity contribution in [3.05, 3.63) is 60.2 Å². The lowest BCUT2D eigenvalue weighted by atomic mass is 9.62. The van der Waals surface area contributed by atoms with Crippen LogP contribution in [0, 0.1) is 17.8 Å². The smallest absolute Gasteiger partial charge is 0.245 e. The summed E-state index contributed by atoms with van der Waals surface area (Å²) < 4.78 is 12.4. The van der Waals surface area contributed by atoms with Crippen molar-refractivity contribution >= 4 is 23.4 Å². The van der Waals surface area contributed by atoms with Crippen LogP contribution in [0.3, 0.4) is 0 Å². The highest BCUT2D eigenvalue weighted by Gasteiger charge is 2.80. The minimum Gasteiger partial charge on any atom is -0.494 e. The SMILES string of the molecule is CCCCCNC(=O)C1N([C@@H](CO)Cc2ccccc2)C(=O)[C@@H]2[C@@H](C(=O)Nc3ccc(OCC)cc3)[C@]3(C)OC12CC3C. The number of carbonyl (C=O) groups excluding carboxylic acids is 3. The Morgan fingerprint density at radius 1 is 1.09 bits per heavy atom. The molecular formula is C34H45N3O6. The summed E-state index contributed by atoms with van der Waals surface area (Å²) in [5.41, 5.74) is -0.575. The van der Waals surface area contributed by atoms with Gasteiger partial charge in [0.2, 0.25) is 17.7 Å². The number of nitrogens with one attached hydrogen (secondary N) is 2. The maximum atomic E-state index is 14.5. The first-order chi connectivity index (χ1) is 20.7. The molecule has 0 aromatic heterocycles. The van der Waals surface area contributed by atoms with Gasteiger partial charge in [-0.2, -0.15) is 0 Å². The summed E-state index contributed by atoms with van der Waals surface area (Å²) in [5.74, 6) is -1.96. The van der Waals surface area contributed by atoms with E-state index in [4.69, 9.17) is 9.47 Å². The highest BCUT2D eigenvalue weighted by Crippen LogP contribution is 2.65. The number of likely N-dealkylation sites (tertiary alicyclic amines) is 1. The normalized spacial score (nSPS) is 29.8. The zero-order chi connectivity index (χ0) is 30.8. The third kappa shape index (κ3) is 5.53. The zero-order valence-electron chi connectivity index (χ0n) is 25.7. The van der Waals surface area contributed by atoms with E-state index in [0.717, 1.165) is 24.8 Å². The molecule has 5 rings (SSSR count). The molecule has 3 N–H and O–H groups in total. The average Bonchev–Trinajstić information content (AvgIpc) is 3.52. The maximum Gasteiger partial charge on any atom is 0.245 e. The fourth-order valence-electron chi connectivity index (χ4n) is 7.61. The number of benzene rings is 2. The van der Waals surface area contributed by atoms with Crippen LogP contribution in [-0.2, 0) is 25.5 Å². The van der Waals surface area contributed by atoms with Crippen LogP contribution >= 0.6 is 0 Å². The van der Waals surface area contributed by atoms with E-state index < -0.39 is 35.1 Å². The van der Waals surface area contributed by atoms with Crippen molar-refractivity contribution in [2.45, 2.75) is 83.1 Å². The number of hydrogen-bond donors (Lipinski definition) is 3. The molecule has 3 saturated heterocycles. The Labute approximate surface area is 254 Å². The number of fused-ring (bicyclic) bond motifs is 1. The molecule has 0 radical (unpaired) electrons. The van der Waals surface area contributed by atoms with E-state index in [0.29, 0.717) is 37.4 Å². The third-order valence-electron chi connectivity index (χ3n) is 9.71. The number of carbonyl (C=O) groups is 3. The Morgan fingerprint density at radius 2 is 1.81 bits per heavy atom. The van der Waals surface area contributed by atoms with Gasteiger partial charge in [-0.25, -0.2) is 0 Å². The predicted molar refractivity (Wildman–Crippen MR) is 163 cm³/mol. The lowest BCUT2D eigenvalue weighted by Crippen LogP contribution is -2.58. The quantitative estimate of drug-likeness (QED) is 0.304. The Bertz CT molecular complexity index is 1300. The number of nitrogens with zero attached hydrogens (tertiary/aromatic N) is 1. The van der Waals surface area contributed by atoms with Gasteiger partial charge in [0.1, 0.15) is 17.4 Å². The molecule has 3 aliphatic heterocycles. The molecular weight excluding hydrogens is 546 g/mol. The van der Waals surface area contributed by atoms with E-state index in [2.05, 4.69) is 17.6 Å². The molecule has 9 nitrogen and oxygen atoms in total. The molecule has 0 aliphatic carbocycles. The van der Waals surface area contributed by atoms with Gasteiger partial charge in [0.05, 0.1) is 36.7 Å². The lowest BCUT2D eigenvalue weighted by Gasteiger charge is -2.37. The van der Waals surface area contributed by atoms with Gasteiger partial charge in [-0.3, -0.25) is 14.4 Å². The van der Waals surface area contributed by atoms with Crippen molar-refractivity contribution in [1.29, 1.82) is 0 Å².